The van der Waals surface area contributed by atoms with Crippen molar-refractivity contribution in [2.75, 3.05) is 0 Å². The quantitative estimate of drug-likeness (QED) is 0.242. The molecule has 2 aromatic heterocycles. The van der Waals surface area contributed by atoms with Crippen molar-refractivity contribution in [2.24, 2.45) is 7.05 Å². The predicted octanol–water partition coefficient (Wildman–Crippen LogP) is 5.59. The van der Waals surface area contributed by atoms with Crippen LogP contribution in [0.25, 0.3) is 10.2 Å². The van der Waals surface area contributed by atoms with Crippen LogP contribution in [0.5, 0.6) is 0 Å². The van der Waals surface area contributed by atoms with Crippen molar-refractivity contribution in [1.29, 1.82) is 5.26 Å². The molecular formula is C23H24N6S3. The number of hydrogen-bond donors (Lipinski definition) is 0. The normalized spacial score (nSPS) is 11.5. The van der Waals surface area contributed by atoms with E-state index in [1.54, 1.807) is 23.1 Å². The van der Waals surface area contributed by atoms with Crippen LogP contribution in [0.15, 0.2) is 52.9 Å². The van der Waals surface area contributed by atoms with Crippen molar-refractivity contribution >= 4 is 45.5 Å². The number of para-hydroxylation sites is 1. The monoisotopic (exact) mass is 480 g/mol. The molecule has 2 heterocycles. The second kappa shape index (κ2) is 9.96. The molecule has 4 aromatic rings. The number of hydrogen-bond acceptors (Lipinski definition) is 7. The van der Waals surface area contributed by atoms with E-state index in [-0.39, 0.29) is 0 Å². The van der Waals surface area contributed by atoms with E-state index in [0.717, 1.165) is 27.8 Å². The third-order valence-electron chi connectivity index (χ3n) is 5.24. The van der Waals surface area contributed by atoms with E-state index < -0.39 is 0 Å². The van der Waals surface area contributed by atoms with Crippen LogP contribution in [0.2, 0.25) is 0 Å². The average molecular weight is 481 g/mol. The molecule has 0 bridgehead atoms. The van der Waals surface area contributed by atoms with E-state index in [1.165, 1.54) is 4.70 Å². The first-order chi connectivity index (χ1) is 15.4. The van der Waals surface area contributed by atoms with E-state index in [2.05, 4.69) is 30.9 Å². The summed E-state index contributed by atoms with van der Waals surface area (Å²) in [6.07, 6.45) is 0. The van der Waals surface area contributed by atoms with Crippen LogP contribution < -0.4 is 0 Å². The second-order valence-electron chi connectivity index (χ2n) is 7.78. The highest BCUT2D eigenvalue weighted by Crippen LogP contribution is 2.31. The van der Waals surface area contributed by atoms with E-state index in [4.69, 9.17) is 27.6 Å². The fourth-order valence-electron chi connectivity index (χ4n) is 3.28. The molecule has 32 heavy (non-hydrogen) atoms. The van der Waals surface area contributed by atoms with Crippen molar-refractivity contribution in [3.63, 3.8) is 0 Å². The molecule has 0 unspecified atom stereocenters. The van der Waals surface area contributed by atoms with E-state index in [0.29, 0.717) is 28.8 Å². The molecule has 0 N–H and O–H groups in total. The lowest BCUT2D eigenvalue weighted by molar-refractivity contribution is 0.153. The number of nitriles is 1. The van der Waals surface area contributed by atoms with Crippen molar-refractivity contribution in [3.05, 3.63) is 70.3 Å². The zero-order chi connectivity index (χ0) is 22.7. The van der Waals surface area contributed by atoms with Crippen LogP contribution in [0.3, 0.4) is 0 Å². The molecule has 0 aliphatic rings. The van der Waals surface area contributed by atoms with Crippen molar-refractivity contribution in [3.8, 4) is 6.07 Å². The molecule has 0 radical (unpaired) electrons. The predicted molar refractivity (Wildman–Crippen MR) is 133 cm³/mol. The summed E-state index contributed by atoms with van der Waals surface area (Å²) in [5, 5.41) is 13.8. The summed E-state index contributed by atoms with van der Waals surface area (Å²) in [7, 11) is 1.97. The third-order valence-corrected chi connectivity index (χ3v) is 7.90. The van der Waals surface area contributed by atoms with Gasteiger partial charge in [0.15, 0.2) is 9.11 Å². The van der Waals surface area contributed by atoms with Crippen molar-refractivity contribution < 1.29 is 0 Å². The maximum Gasteiger partial charge on any atom is 0.198 e. The van der Waals surface area contributed by atoms with Gasteiger partial charge in [0.1, 0.15) is 5.82 Å². The first-order valence-corrected chi connectivity index (χ1v) is 12.5. The van der Waals surface area contributed by atoms with Crippen LogP contribution in [0.1, 0.15) is 30.8 Å². The maximum atomic E-state index is 9.01. The van der Waals surface area contributed by atoms with Crippen LogP contribution in [-0.4, -0.2) is 30.3 Å². The highest BCUT2D eigenvalue weighted by Gasteiger charge is 2.15. The highest BCUT2D eigenvalue weighted by molar-refractivity contribution is 8.00. The molecule has 164 valence electrons. The fourth-order valence-corrected chi connectivity index (χ4v) is 5.53. The number of benzene rings is 2. The average Bonchev–Trinajstić information content (AvgIpc) is 3.33. The Labute approximate surface area is 201 Å². The summed E-state index contributed by atoms with van der Waals surface area (Å²) in [5.41, 5.74) is 2.87. The smallest absolute Gasteiger partial charge is 0.198 e. The summed E-state index contributed by atoms with van der Waals surface area (Å²) in [5.74, 6) is 1.64. The second-order valence-corrected chi connectivity index (χ2v) is 10.4. The lowest BCUT2D eigenvalue weighted by atomic mass is 10.1. The SMILES string of the molecule is CC(C)N(Cc1ccc(C#N)cc1)Cn1nc(CSc2nc3ccccc3s2)n(C)c1=S. The zero-order valence-corrected chi connectivity index (χ0v) is 20.7. The highest BCUT2D eigenvalue weighted by atomic mass is 32.2. The Hall–Kier alpha value is -2.51. The van der Waals surface area contributed by atoms with Gasteiger partial charge in [0, 0.05) is 19.6 Å². The molecule has 0 aliphatic heterocycles. The van der Waals surface area contributed by atoms with Crippen LogP contribution in [0.4, 0.5) is 0 Å². The minimum atomic E-state index is 0.315. The van der Waals surface area contributed by atoms with Crippen LogP contribution >= 0.6 is 35.3 Å². The van der Waals surface area contributed by atoms with Gasteiger partial charge in [-0.2, -0.15) is 10.4 Å². The van der Waals surface area contributed by atoms with Crippen molar-refractivity contribution in [2.45, 2.75) is 43.2 Å². The Balaban J connectivity index is 1.47. The van der Waals surface area contributed by atoms with E-state index in [1.807, 2.05) is 58.8 Å². The van der Waals surface area contributed by atoms with Gasteiger partial charge in [-0.3, -0.25) is 4.90 Å². The Bertz CT molecular complexity index is 1280. The molecule has 9 heteroatoms. The molecule has 6 nitrogen and oxygen atoms in total. The molecule has 0 amide bonds. The summed E-state index contributed by atoms with van der Waals surface area (Å²) in [6, 6.07) is 18.4. The molecule has 0 aliphatic carbocycles. The first kappa shape index (κ1) is 22.7. The van der Waals surface area contributed by atoms with Gasteiger partial charge in [0.2, 0.25) is 0 Å². The largest absolute Gasteiger partial charge is 0.306 e. The molecule has 0 saturated carbocycles. The number of rotatable bonds is 8. The topological polar surface area (TPSA) is 62.7 Å². The molecular weight excluding hydrogens is 456 g/mol. The van der Waals surface area contributed by atoms with E-state index in [9.17, 15) is 0 Å². The van der Waals surface area contributed by atoms with Gasteiger partial charge in [0.25, 0.3) is 0 Å². The zero-order valence-electron chi connectivity index (χ0n) is 18.2. The molecule has 0 saturated heterocycles. The Morgan fingerprint density at radius 2 is 1.94 bits per heavy atom. The van der Waals surface area contributed by atoms with Gasteiger partial charge >= 0.3 is 0 Å². The maximum absolute atomic E-state index is 9.01. The number of thiazole rings is 1. The van der Waals surface area contributed by atoms with Crippen molar-refractivity contribution in [1.82, 2.24) is 24.2 Å². The summed E-state index contributed by atoms with van der Waals surface area (Å²) in [4.78, 5) is 7.01. The summed E-state index contributed by atoms with van der Waals surface area (Å²) >= 11 is 9.07. The molecule has 4 rings (SSSR count). The minimum Gasteiger partial charge on any atom is -0.306 e. The summed E-state index contributed by atoms with van der Waals surface area (Å²) in [6.45, 7) is 5.70. The first-order valence-electron chi connectivity index (χ1n) is 10.3. The van der Waals surface area contributed by atoms with Crippen LogP contribution in [-0.2, 0) is 26.0 Å². The van der Waals surface area contributed by atoms with Gasteiger partial charge < -0.3 is 4.57 Å². The summed E-state index contributed by atoms with van der Waals surface area (Å²) < 4.78 is 6.82. The number of aromatic nitrogens is 4. The van der Waals surface area contributed by atoms with Gasteiger partial charge in [-0.15, -0.1) is 11.3 Å². The van der Waals surface area contributed by atoms with Gasteiger partial charge in [-0.1, -0.05) is 36.0 Å². The minimum absolute atomic E-state index is 0.315. The molecule has 2 aromatic carbocycles. The Morgan fingerprint density at radius 1 is 1.19 bits per heavy atom. The molecule has 0 atom stereocenters. The fraction of sp³-hybridized carbons (Fsp3) is 0.304. The molecule has 0 fully saturated rings. The van der Waals surface area contributed by atoms with Crippen LogP contribution in [0, 0.1) is 16.1 Å². The third kappa shape index (κ3) is 5.10. The number of fused-ring (bicyclic) bond motifs is 1. The van der Waals surface area contributed by atoms with E-state index >= 15 is 0 Å². The van der Waals surface area contributed by atoms with Gasteiger partial charge in [-0.05, 0) is 55.9 Å². The number of nitrogens with zero attached hydrogens (tertiary/aromatic N) is 6. The Morgan fingerprint density at radius 3 is 2.62 bits per heavy atom. The van der Waals surface area contributed by atoms with Gasteiger partial charge in [-0.25, -0.2) is 9.67 Å². The molecule has 0 spiro atoms. The Kier molecular flexibility index (Phi) is 7.06. The van der Waals surface area contributed by atoms with Gasteiger partial charge in [0.05, 0.1) is 34.3 Å². The lowest BCUT2D eigenvalue weighted by Crippen LogP contribution is -2.33. The standard InChI is InChI=1S/C23H24N6S3/c1-16(2)28(13-18-10-8-17(12-24)9-11-18)15-29-23(30)27(3)21(26-29)14-31-22-25-19-6-4-5-7-20(19)32-22/h4-11,16H,13-15H2,1-3H3. The number of thioether (sulfide) groups is 1. The lowest BCUT2D eigenvalue weighted by Gasteiger charge is -2.26.